The van der Waals surface area contributed by atoms with E-state index in [9.17, 15) is 0 Å². The molecule has 2 atom stereocenters. The second-order valence-corrected chi connectivity index (χ2v) is 6.13. The van der Waals surface area contributed by atoms with Crippen molar-refractivity contribution in [3.05, 3.63) is 59.2 Å². The molecule has 0 aliphatic carbocycles. The first-order chi connectivity index (χ1) is 10.6. The summed E-state index contributed by atoms with van der Waals surface area (Å²) >= 11 is 0. The first-order valence-corrected chi connectivity index (χ1v) is 7.82. The Hall–Kier alpha value is -1.78. The molecule has 2 heterocycles. The Kier molecular flexibility index (Phi) is 4.50. The average Bonchev–Trinajstić information content (AvgIpc) is 2.53. The maximum absolute atomic E-state index is 6.10. The molecule has 116 valence electrons. The SMILES string of the molecule is Cc1ccc(C)c([C@H]2CN(Cc3ncccn3)[C@H](C)CO2)c1. The van der Waals surface area contributed by atoms with Crippen molar-refractivity contribution in [2.75, 3.05) is 13.2 Å². The molecule has 1 aromatic heterocycles. The van der Waals surface area contributed by atoms with Gasteiger partial charge < -0.3 is 4.74 Å². The summed E-state index contributed by atoms with van der Waals surface area (Å²) in [5.41, 5.74) is 3.87. The molecule has 2 aromatic rings. The first-order valence-electron chi connectivity index (χ1n) is 7.82. The summed E-state index contributed by atoms with van der Waals surface area (Å²) < 4.78 is 6.10. The van der Waals surface area contributed by atoms with Crippen LogP contribution in [0.4, 0.5) is 0 Å². The van der Waals surface area contributed by atoms with Crippen molar-refractivity contribution in [3.63, 3.8) is 0 Å². The maximum Gasteiger partial charge on any atom is 0.142 e. The molecule has 22 heavy (non-hydrogen) atoms. The summed E-state index contributed by atoms with van der Waals surface area (Å²) in [6.45, 7) is 8.87. The number of aryl methyl sites for hydroxylation is 2. The number of hydrogen-bond acceptors (Lipinski definition) is 4. The Morgan fingerprint density at radius 3 is 2.77 bits per heavy atom. The van der Waals surface area contributed by atoms with Gasteiger partial charge >= 0.3 is 0 Å². The monoisotopic (exact) mass is 297 g/mol. The lowest BCUT2D eigenvalue weighted by Gasteiger charge is -2.38. The molecule has 4 nitrogen and oxygen atoms in total. The van der Waals surface area contributed by atoms with Crippen LogP contribution in [-0.4, -0.2) is 34.1 Å². The van der Waals surface area contributed by atoms with E-state index in [1.165, 1.54) is 16.7 Å². The summed E-state index contributed by atoms with van der Waals surface area (Å²) in [6, 6.07) is 8.81. The van der Waals surface area contributed by atoms with Crippen molar-refractivity contribution < 1.29 is 4.74 Å². The lowest BCUT2D eigenvalue weighted by molar-refractivity contribution is -0.0643. The van der Waals surface area contributed by atoms with Gasteiger partial charge in [0.05, 0.1) is 19.3 Å². The molecule has 0 unspecified atom stereocenters. The molecule has 0 N–H and O–H groups in total. The topological polar surface area (TPSA) is 38.2 Å². The molecule has 0 radical (unpaired) electrons. The fourth-order valence-corrected chi connectivity index (χ4v) is 2.92. The van der Waals surface area contributed by atoms with Gasteiger partial charge in [-0.05, 0) is 38.0 Å². The van der Waals surface area contributed by atoms with Crippen molar-refractivity contribution >= 4 is 0 Å². The first kappa shape index (κ1) is 15.1. The van der Waals surface area contributed by atoms with E-state index in [-0.39, 0.29) is 6.10 Å². The second-order valence-electron chi connectivity index (χ2n) is 6.13. The minimum absolute atomic E-state index is 0.125. The van der Waals surface area contributed by atoms with Crippen LogP contribution in [-0.2, 0) is 11.3 Å². The van der Waals surface area contributed by atoms with Crippen LogP contribution >= 0.6 is 0 Å². The molecule has 3 rings (SSSR count). The number of morpholine rings is 1. The van der Waals surface area contributed by atoms with Gasteiger partial charge in [-0.25, -0.2) is 9.97 Å². The minimum atomic E-state index is 0.125. The fraction of sp³-hybridized carbons (Fsp3) is 0.444. The smallest absolute Gasteiger partial charge is 0.142 e. The number of rotatable bonds is 3. The lowest BCUT2D eigenvalue weighted by atomic mass is 9.99. The molecule has 0 spiro atoms. The molecule has 1 fully saturated rings. The van der Waals surface area contributed by atoms with Gasteiger partial charge in [-0.3, -0.25) is 4.90 Å². The molecular weight excluding hydrogens is 274 g/mol. The average molecular weight is 297 g/mol. The Morgan fingerprint density at radius 1 is 1.23 bits per heavy atom. The number of aromatic nitrogens is 2. The van der Waals surface area contributed by atoms with Crippen molar-refractivity contribution in [3.8, 4) is 0 Å². The van der Waals surface area contributed by atoms with Crippen LogP contribution in [0.1, 0.15) is 35.5 Å². The van der Waals surface area contributed by atoms with Gasteiger partial charge in [-0.2, -0.15) is 0 Å². The van der Waals surface area contributed by atoms with E-state index in [2.05, 4.69) is 53.8 Å². The highest BCUT2D eigenvalue weighted by atomic mass is 16.5. The molecule has 0 bridgehead atoms. The van der Waals surface area contributed by atoms with E-state index in [0.717, 1.165) is 25.5 Å². The van der Waals surface area contributed by atoms with E-state index < -0.39 is 0 Å². The van der Waals surface area contributed by atoms with E-state index in [1.807, 2.05) is 6.07 Å². The molecule has 0 amide bonds. The molecule has 1 aliphatic rings. The number of benzene rings is 1. The summed E-state index contributed by atoms with van der Waals surface area (Å²) in [7, 11) is 0. The zero-order valence-electron chi connectivity index (χ0n) is 13.5. The predicted octanol–water partition coefficient (Wildman–Crippen LogP) is 3.06. The Bertz CT molecular complexity index is 629. The van der Waals surface area contributed by atoms with Crippen LogP contribution in [0, 0.1) is 13.8 Å². The van der Waals surface area contributed by atoms with Crippen molar-refractivity contribution in [1.82, 2.24) is 14.9 Å². The van der Waals surface area contributed by atoms with Gasteiger partial charge in [0.1, 0.15) is 5.82 Å². The van der Waals surface area contributed by atoms with Crippen LogP contribution in [0.5, 0.6) is 0 Å². The molecule has 1 aliphatic heterocycles. The molecular formula is C18H23N3O. The van der Waals surface area contributed by atoms with Gasteiger partial charge in [0, 0.05) is 25.0 Å². The quantitative estimate of drug-likeness (QED) is 0.873. The van der Waals surface area contributed by atoms with Crippen LogP contribution in [0.3, 0.4) is 0 Å². The van der Waals surface area contributed by atoms with Crippen LogP contribution in [0.2, 0.25) is 0 Å². The molecule has 1 aromatic carbocycles. The van der Waals surface area contributed by atoms with Crippen LogP contribution in [0.15, 0.2) is 36.7 Å². The third-order valence-electron chi connectivity index (χ3n) is 4.31. The fourth-order valence-electron chi connectivity index (χ4n) is 2.92. The van der Waals surface area contributed by atoms with Gasteiger partial charge in [0.25, 0.3) is 0 Å². The Labute approximate surface area is 132 Å². The maximum atomic E-state index is 6.10. The standard InChI is InChI=1S/C18H23N3O/c1-13-5-6-14(2)16(9-13)17-10-21(15(3)12-22-17)11-18-19-7-4-8-20-18/h4-9,15,17H,10-12H2,1-3H3/t15-,17-/m1/s1. The summed E-state index contributed by atoms with van der Waals surface area (Å²) in [5.74, 6) is 0.871. The molecule has 1 saturated heterocycles. The van der Waals surface area contributed by atoms with E-state index in [1.54, 1.807) is 12.4 Å². The zero-order valence-corrected chi connectivity index (χ0v) is 13.5. The molecule has 4 heteroatoms. The highest BCUT2D eigenvalue weighted by molar-refractivity contribution is 5.32. The van der Waals surface area contributed by atoms with Crippen LogP contribution in [0.25, 0.3) is 0 Å². The van der Waals surface area contributed by atoms with Gasteiger partial charge in [0.2, 0.25) is 0 Å². The second kappa shape index (κ2) is 6.55. The third-order valence-corrected chi connectivity index (χ3v) is 4.31. The van der Waals surface area contributed by atoms with Crippen molar-refractivity contribution in [1.29, 1.82) is 0 Å². The summed E-state index contributed by atoms with van der Waals surface area (Å²) in [5, 5.41) is 0. The predicted molar refractivity (Wildman–Crippen MR) is 86.5 cm³/mol. The lowest BCUT2D eigenvalue weighted by Crippen LogP contribution is -2.44. The number of hydrogen-bond donors (Lipinski definition) is 0. The highest BCUT2D eigenvalue weighted by Crippen LogP contribution is 2.28. The highest BCUT2D eigenvalue weighted by Gasteiger charge is 2.28. The van der Waals surface area contributed by atoms with E-state index >= 15 is 0 Å². The Balaban J connectivity index is 1.77. The molecule has 0 saturated carbocycles. The third kappa shape index (κ3) is 3.34. The largest absolute Gasteiger partial charge is 0.371 e. The van der Waals surface area contributed by atoms with Crippen molar-refractivity contribution in [2.45, 2.75) is 39.5 Å². The number of ether oxygens (including phenoxy) is 1. The van der Waals surface area contributed by atoms with E-state index in [4.69, 9.17) is 4.74 Å². The van der Waals surface area contributed by atoms with Gasteiger partial charge in [0.15, 0.2) is 0 Å². The number of nitrogens with zero attached hydrogens (tertiary/aromatic N) is 3. The zero-order chi connectivity index (χ0) is 15.5. The normalized spacial score (nSPS) is 22.7. The van der Waals surface area contributed by atoms with Gasteiger partial charge in [-0.1, -0.05) is 23.8 Å². The summed E-state index contributed by atoms with van der Waals surface area (Å²) in [6.07, 6.45) is 3.73. The Morgan fingerprint density at radius 2 is 2.00 bits per heavy atom. The van der Waals surface area contributed by atoms with Crippen LogP contribution < -0.4 is 0 Å². The van der Waals surface area contributed by atoms with E-state index in [0.29, 0.717) is 6.04 Å². The van der Waals surface area contributed by atoms with Crippen molar-refractivity contribution in [2.24, 2.45) is 0 Å². The van der Waals surface area contributed by atoms with Gasteiger partial charge in [-0.15, -0.1) is 0 Å². The minimum Gasteiger partial charge on any atom is -0.371 e. The summed E-state index contributed by atoms with van der Waals surface area (Å²) in [4.78, 5) is 11.1.